The summed E-state index contributed by atoms with van der Waals surface area (Å²) in [6.45, 7) is 3.75. The Morgan fingerprint density at radius 3 is 2.71 bits per heavy atom. The summed E-state index contributed by atoms with van der Waals surface area (Å²) in [5.74, 6) is 0.108. The number of nitrogens with one attached hydrogen (secondary N) is 1. The number of para-hydroxylation sites is 1. The highest BCUT2D eigenvalue weighted by atomic mass is 32.1. The van der Waals surface area contributed by atoms with Crippen LogP contribution in [0.1, 0.15) is 22.0 Å². The summed E-state index contributed by atoms with van der Waals surface area (Å²) >= 11 is 1.69. The molecule has 1 aliphatic rings. The van der Waals surface area contributed by atoms with Crippen LogP contribution in [0.15, 0.2) is 35.7 Å². The predicted molar refractivity (Wildman–Crippen MR) is 83.4 cm³/mol. The monoisotopic (exact) mass is 299 g/mol. The lowest BCUT2D eigenvalue weighted by Crippen LogP contribution is -2.45. The van der Waals surface area contributed by atoms with Gasteiger partial charge in [-0.2, -0.15) is 5.26 Å². The fourth-order valence-corrected chi connectivity index (χ4v) is 3.67. The molecule has 3 rings (SSSR count). The Bertz CT molecular complexity index is 642. The van der Waals surface area contributed by atoms with E-state index in [4.69, 9.17) is 5.26 Å². The van der Waals surface area contributed by atoms with Crippen molar-refractivity contribution in [1.29, 1.82) is 5.26 Å². The predicted octanol–water partition coefficient (Wildman–Crippen LogP) is 2.32. The zero-order valence-corrected chi connectivity index (χ0v) is 12.4. The molecule has 0 unspecified atom stereocenters. The van der Waals surface area contributed by atoms with E-state index in [2.05, 4.69) is 27.7 Å². The molecule has 0 spiro atoms. The largest absolute Gasteiger partial charge is 0.506 e. The van der Waals surface area contributed by atoms with Crippen molar-refractivity contribution in [2.75, 3.05) is 26.2 Å². The summed E-state index contributed by atoms with van der Waals surface area (Å²) in [6.07, 6.45) is 0. The second kappa shape index (κ2) is 6.27. The van der Waals surface area contributed by atoms with E-state index in [1.54, 1.807) is 17.4 Å². The molecular formula is C16H17N3OS. The summed E-state index contributed by atoms with van der Waals surface area (Å²) in [7, 11) is 0. The molecular weight excluding hydrogens is 282 g/mol. The highest BCUT2D eigenvalue weighted by Crippen LogP contribution is 2.37. The molecule has 5 heteroatoms. The first kappa shape index (κ1) is 14.1. The first-order valence-electron chi connectivity index (χ1n) is 7.01. The van der Waals surface area contributed by atoms with Crippen LogP contribution in [0.2, 0.25) is 0 Å². The third-order valence-corrected chi connectivity index (χ3v) is 4.74. The van der Waals surface area contributed by atoms with Crippen LogP contribution in [-0.2, 0) is 0 Å². The fourth-order valence-electron chi connectivity index (χ4n) is 2.79. The van der Waals surface area contributed by atoms with Crippen LogP contribution < -0.4 is 5.32 Å². The number of hydrogen-bond acceptors (Lipinski definition) is 5. The van der Waals surface area contributed by atoms with E-state index < -0.39 is 0 Å². The van der Waals surface area contributed by atoms with Gasteiger partial charge in [-0.25, -0.2) is 0 Å². The first-order valence-corrected chi connectivity index (χ1v) is 7.89. The van der Waals surface area contributed by atoms with Crippen molar-refractivity contribution < 1.29 is 5.11 Å². The number of hydrogen-bond donors (Lipinski definition) is 2. The van der Waals surface area contributed by atoms with Crippen LogP contribution in [0.4, 0.5) is 0 Å². The summed E-state index contributed by atoms with van der Waals surface area (Å²) < 4.78 is 0. The standard InChI is InChI=1S/C16H17N3OS/c17-11-12-3-1-4-13(16(12)20)15(14-5-2-10-21-14)19-8-6-18-7-9-19/h1-5,10,15,18,20H,6-9H2/t15-/m0/s1. The highest BCUT2D eigenvalue weighted by molar-refractivity contribution is 7.10. The SMILES string of the molecule is N#Cc1cccc([C@@H](c2cccs2)N2CCNCC2)c1O. The van der Waals surface area contributed by atoms with Crippen molar-refractivity contribution >= 4 is 11.3 Å². The molecule has 2 N–H and O–H groups in total. The number of thiophene rings is 1. The molecule has 0 bridgehead atoms. The molecule has 2 aromatic rings. The first-order chi connectivity index (χ1) is 10.3. The Labute approximate surface area is 128 Å². The number of piperazine rings is 1. The molecule has 0 amide bonds. The van der Waals surface area contributed by atoms with Crippen LogP contribution in [0.3, 0.4) is 0 Å². The van der Waals surface area contributed by atoms with E-state index in [0.717, 1.165) is 31.7 Å². The Morgan fingerprint density at radius 1 is 1.24 bits per heavy atom. The maximum atomic E-state index is 10.4. The Kier molecular flexibility index (Phi) is 4.20. The van der Waals surface area contributed by atoms with Gasteiger partial charge in [0.2, 0.25) is 0 Å². The maximum absolute atomic E-state index is 10.4. The van der Waals surface area contributed by atoms with Gasteiger partial charge in [0.05, 0.1) is 11.6 Å². The van der Waals surface area contributed by atoms with Crippen LogP contribution in [0.5, 0.6) is 5.75 Å². The van der Waals surface area contributed by atoms with Crippen molar-refractivity contribution in [2.45, 2.75) is 6.04 Å². The van der Waals surface area contributed by atoms with Gasteiger partial charge < -0.3 is 10.4 Å². The summed E-state index contributed by atoms with van der Waals surface area (Å²) in [6, 6.07) is 11.6. The van der Waals surface area contributed by atoms with Gasteiger partial charge in [-0.1, -0.05) is 18.2 Å². The summed E-state index contributed by atoms with van der Waals surface area (Å²) in [4.78, 5) is 3.56. The highest BCUT2D eigenvalue weighted by Gasteiger charge is 2.27. The average molecular weight is 299 g/mol. The topological polar surface area (TPSA) is 59.3 Å². The van der Waals surface area contributed by atoms with Gasteiger partial charge in [0.1, 0.15) is 11.8 Å². The van der Waals surface area contributed by atoms with Gasteiger partial charge in [0.15, 0.2) is 0 Å². The lowest BCUT2D eigenvalue weighted by atomic mass is 9.99. The minimum atomic E-state index is 0.0143. The fraction of sp³-hybridized carbons (Fsp3) is 0.312. The molecule has 1 fully saturated rings. The van der Waals surface area contributed by atoms with E-state index in [9.17, 15) is 5.11 Å². The summed E-state index contributed by atoms with van der Waals surface area (Å²) in [5.41, 5.74) is 1.16. The summed E-state index contributed by atoms with van der Waals surface area (Å²) in [5, 5.41) is 25.0. The number of benzene rings is 1. The van der Waals surface area contributed by atoms with Crippen molar-refractivity contribution in [3.63, 3.8) is 0 Å². The zero-order chi connectivity index (χ0) is 14.7. The third-order valence-electron chi connectivity index (χ3n) is 3.81. The smallest absolute Gasteiger partial charge is 0.138 e. The lowest BCUT2D eigenvalue weighted by Gasteiger charge is -2.35. The molecule has 1 aliphatic heterocycles. The van der Waals surface area contributed by atoms with Crippen molar-refractivity contribution in [2.24, 2.45) is 0 Å². The van der Waals surface area contributed by atoms with Crippen LogP contribution >= 0.6 is 11.3 Å². The van der Waals surface area contributed by atoms with Crippen LogP contribution in [-0.4, -0.2) is 36.2 Å². The second-order valence-corrected chi connectivity index (χ2v) is 6.04. The molecule has 1 atom stereocenters. The van der Waals surface area contributed by atoms with E-state index in [1.165, 1.54) is 4.88 Å². The van der Waals surface area contributed by atoms with E-state index in [0.29, 0.717) is 5.56 Å². The lowest BCUT2D eigenvalue weighted by molar-refractivity contribution is 0.198. The molecule has 0 radical (unpaired) electrons. The van der Waals surface area contributed by atoms with Crippen molar-refractivity contribution in [3.05, 3.63) is 51.7 Å². The zero-order valence-electron chi connectivity index (χ0n) is 11.6. The van der Waals surface area contributed by atoms with Crippen LogP contribution in [0.25, 0.3) is 0 Å². The van der Waals surface area contributed by atoms with Crippen molar-refractivity contribution in [3.8, 4) is 11.8 Å². The van der Waals surface area contributed by atoms with Gasteiger partial charge in [-0.3, -0.25) is 4.90 Å². The Hall–Kier alpha value is -1.87. The Morgan fingerprint density at radius 2 is 2.05 bits per heavy atom. The molecule has 4 nitrogen and oxygen atoms in total. The number of phenolic OH excluding ortho intramolecular Hbond substituents is 1. The quantitative estimate of drug-likeness (QED) is 0.913. The molecule has 1 aromatic heterocycles. The molecule has 0 aliphatic carbocycles. The Balaban J connectivity index is 2.05. The molecule has 1 aromatic carbocycles. The maximum Gasteiger partial charge on any atom is 0.138 e. The average Bonchev–Trinajstić information content (AvgIpc) is 3.04. The number of rotatable bonds is 3. The number of phenols is 1. The van der Waals surface area contributed by atoms with E-state index in [-0.39, 0.29) is 11.8 Å². The van der Waals surface area contributed by atoms with E-state index in [1.807, 2.05) is 18.2 Å². The minimum Gasteiger partial charge on any atom is -0.506 e. The molecule has 108 valence electrons. The van der Waals surface area contributed by atoms with Gasteiger partial charge in [0.25, 0.3) is 0 Å². The number of nitrogens with zero attached hydrogens (tertiary/aromatic N) is 2. The van der Waals surface area contributed by atoms with Crippen LogP contribution in [0, 0.1) is 11.3 Å². The second-order valence-electron chi connectivity index (χ2n) is 5.06. The third kappa shape index (κ3) is 2.79. The van der Waals surface area contributed by atoms with Gasteiger partial charge >= 0.3 is 0 Å². The van der Waals surface area contributed by atoms with Crippen molar-refractivity contribution in [1.82, 2.24) is 10.2 Å². The van der Waals surface area contributed by atoms with Gasteiger partial charge in [-0.15, -0.1) is 11.3 Å². The number of aromatic hydroxyl groups is 1. The molecule has 0 saturated carbocycles. The minimum absolute atomic E-state index is 0.0143. The normalized spacial score (nSPS) is 17.3. The van der Waals surface area contributed by atoms with Gasteiger partial charge in [0, 0.05) is 36.6 Å². The molecule has 2 heterocycles. The van der Waals surface area contributed by atoms with E-state index >= 15 is 0 Å². The molecule has 1 saturated heterocycles. The molecule has 21 heavy (non-hydrogen) atoms. The van der Waals surface area contributed by atoms with Gasteiger partial charge in [-0.05, 0) is 17.5 Å². The number of nitriles is 1.